The maximum absolute atomic E-state index is 13.3. The molecular weight excluding hydrogens is 193 g/mol. The molecule has 0 aliphatic heterocycles. The maximum Gasteiger partial charge on any atom is 0.146 e. The summed E-state index contributed by atoms with van der Waals surface area (Å²) in [6.45, 7) is 1.94. The van der Waals surface area contributed by atoms with E-state index in [1.54, 1.807) is 23.0 Å². The summed E-state index contributed by atoms with van der Waals surface area (Å²) in [5, 5.41) is 4.11. The van der Waals surface area contributed by atoms with Crippen LogP contribution in [-0.4, -0.2) is 9.78 Å². The van der Waals surface area contributed by atoms with Crippen LogP contribution in [0.1, 0.15) is 5.69 Å². The van der Waals surface area contributed by atoms with Crippen molar-refractivity contribution in [3.05, 3.63) is 35.9 Å². The van der Waals surface area contributed by atoms with Crippen LogP contribution >= 0.6 is 0 Å². The van der Waals surface area contributed by atoms with Crippen LogP contribution in [0, 0.1) is 12.7 Å². The van der Waals surface area contributed by atoms with E-state index in [9.17, 15) is 4.39 Å². The number of nitrogens with zero attached hydrogens (tertiary/aromatic N) is 2. The van der Waals surface area contributed by atoms with Crippen molar-refractivity contribution >= 4 is 5.69 Å². The van der Waals surface area contributed by atoms with E-state index in [1.165, 1.54) is 6.07 Å². The molecular formula is C11H12FN3. The van der Waals surface area contributed by atoms with Gasteiger partial charge in [0.05, 0.1) is 11.9 Å². The Bertz CT molecular complexity index is 503. The van der Waals surface area contributed by atoms with E-state index in [1.807, 2.05) is 14.0 Å². The third-order valence-corrected chi connectivity index (χ3v) is 2.55. The molecule has 0 unspecified atom stereocenters. The Labute approximate surface area is 87.3 Å². The zero-order valence-electron chi connectivity index (χ0n) is 8.66. The predicted octanol–water partition coefficient (Wildman–Crippen LogP) is 2.12. The predicted molar refractivity (Wildman–Crippen MR) is 57.8 cm³/mol. The van der Waals surface area contributed by atoms with Crippen molar-refractivity contribution in [3.63, 3.8) is 0 Å². The van der Waals surface area contributed by atoms with E-state index in [0.717, 1.165) is 16.8 Å². The molecule has 0 aliphatic carbocycles. The SMILES string of the molecule is Cc1c(-c2ccc(N)c(F)c2)cnn1C. The second kappa shape index (κ2) is 3.38. The number of aryl methyl sites for hydroxylation is 1. The summed E-state index contributed by atoms with van der Waals surface area (Å²) in [5.41, 5.74) is 8.31. The Balaban J connectivity index is 2.55. The second-order valence-electron chi connectivity index (χ2n) is 3.50. The summed E-state index contributed by atoms with van der Waals surface area (Å²) >= 11 is 0. The lowest BCUT2D eigenvalue weighted by Gasteiger charge is -2.02. The fourth-order valence-corrected chi connectivity index (χ4v) is 1.48. The summed E-state index contributed by atoms with van der Waals surface area (Å²) in [6.07, 6.45) is 1.72. The third-order valence-electron chi connectivity index (χ3n) is 2.55. The van der Waals surface area contributed by atoms with Crippen LogP contribution in [0.25, 0.3) is 11.1 Å². The molecule has 0 atom stereocenters. The van der Waals surface area contributed by atoms with Crippen LogP contribution < -0.4 is 5.73 Å². The molecule has 2 N–H and O–H groups in total. The van der Waals surface area contributed by atoms with Crippen molar-refractivity contribution in [1.29, 1.82) is 0 Å². The first-order chi connectivity index (χ1) is 7.09. The highest BCUT2D eigenvalue weighted by Gasteiger charge is 2.08. The van der Waals surface area contributed by atoms with Crippen LogP contribution in [0.3, 0.4) is 0 Å². The van der Waals surface area contributed by atoms with Gasteiger partial charge in [-0.1, -0.05) is 6.07 Å². The fourth-order valence-electron chi connectivity index (χ4n) is 1.48. The molecule has 15 heavy (non-hydrogen) atoms. The first-order valence-electron chi connectivity index (χ1n) is 4.63. The highest BCUT2D eigenvalue weighted by Crippen LogP contribution is 2.25. The monoisotopic (exact) mass is 205 g/mol. The van der Waals surface area contributed by atoms with Gasteiger partial charge < -0.3 is 5.73 Å². The Hall–Kier alpha value is -1.84. The van der Waals surface area contributed by atoms with Crippen molar-refractivity contribution in [2.45, 2.75) is 6.92 Å². The summed E-state index contributed by atoms with van der Waals surface area (Å²) in [6, 6.07) is 4.79. The van der Waals surface area contributed by atoms with Crippen molar-refractivity contribution in [2.75, 3.05) is 5.73 Å². The average molecular weight is 205 g/mol. The van der Waals surface area contributed by atoms with Crippen LogP contribution in [0.15, 0.2) is 24.4 Å². The van der Waals surface area contributed by atoms with E-state index in [4.69, 9.17) is 5.73 Å². The molecule has 3 nitrogen and oxygen atoms in total. The Morgan fingerprint density at radius 1 is 1.40 bits per heavy atom. The minimum atomic E-state index is -0.393. The van der Waals surface area contributed by atoms with E-state index in [2.05, 4.69) is 5.10 Å². The van der Waals surface area contributed by atoms with Crippen molar-refractivity contribution in [1.82, 2.24) is 9.78 Å². The van der Waals surface area contributed by atoms with Crippen LogP contribution in [0.2, 0.25) is 0 Å². The van der Waals surface area contributed by atoms with Gasteiger partial charge in [-0.2, -0.15) is 5.10 Å². The number of anilines is 1. The fraction of sp³-hybridized carbons (Fsp3) is 0.182. The summed E-state index contributed by atoms with van der Waals surface area (Å²) in [4.78, 5) is 0. The topological polar surface area (TPSA) is 43.8 Å². The highest BCUT2D eigenvalue weighted by molar-refractivity contribution is 5.67. The highest BCUT2D eigenvalue weighted by atomic mass is 19.1. The van der Waals surface area contributed by atoms with Gasteiger partial charge in [0.1, 0.15) is 5.82 Å². The largest absolute Gasteiger partial charge is 0.396 e. The van der Waals surface area contributed by atoms with Gasteiger partial charge >= 0.3 is 0 Å². The minimum Gasteiger partial charge on any atom is -0.396 e. The van der Waals surface area contributed by atoms with Gasteiger partial charge in [-0.05, 0) is 24.6 Å². The van der Waals surface area contributed by atoms with E-state index >= 15 is 0 Å². The molecule has 4 heteroatoms. The summed E-state index contributed by atoms with van der Waals surface area (Å²) < 4.78 is 15.0. The summed E-state index contributed by atoms with van der Waals surface area (Å²) in [5.74, 6) is -0.393. The summed E-state index contributed by atoms with van der Waals surface area (Å²) in [7, 11) is 1.85. The zero-order chi connectivity index (χ0) is 11.0. The Kier molecular flexibility index (Phi) is 2.19. The molecule has 2 aromatic rings. The van der Waals surface area contributed by atoms with E-state index in [-0.39, 0.29) is 5.69 Å². The molecule has 0 bridgehead atoms. The maximum atomic E-state index is 13.3. The molecule has 0 spiro atoms. The second-order valence-corrected chi connectivity index (χ2v) is 3.50. The van der Waals surface area contributed by atoms with Crippen LogP contribution in [0.4, 0.5) is 10.1 Å². The number of halogens is 1. The molecule has 0 radical (unpaired) electrons. The van der Waals surface area contributed by atoms with Crippen LogP contribution in [-0.2, 0) is 7.05 Å². The molecule has 0 amide bonds. The average Bonchev–Trinajstić information content (AvgIpc) is 2.53. The number of rotatable bonds is 1. The quantitative estimate of drug-likeness (QED) is 0.725. The number of nitrogens with two attached hydrogens (primary N) is 1. The van der Waals surface area contributed by atoms with Crippen molar-refractivity contribution in [2.24, 2.45) is 7.05 Å². The number of nitrogen functional groups attached to an aromatic ring is 1. The molecule has 2 rings (SSSR count). The van der Waals surface area contributed by atoms with Crippen molar-refractivity contribution in [3.8, 4) is 11.1 Å². The molecule has 0 fully saturated rings. The number of benzene rings is 1. The van der Waals surface area contributed by atoms with Gasteiger partial charge in [-0.3, -0.25) is 4.68 Å². The standard InChI is InChI=1S/C11H12FN3/c1-7-9(6-14-15(7)2)8-3-4-11(13)10(12)5-8/h3-6H,13H2,1-2H3. The first-order valence-corrected chi connectivity index (χ1v) is 4.63. The smallest absolute Gasteiger partial charge is 0.146 e. The normalized spacial score (nSPS) is 10.6. The van der Waals surface area contributed by atoms with Gasteiger partial charge in [0, 0.05) is 18.3 Å². The Morgan fingerprint density at radius 3 is 2.67 bits per heavy atom. The third kappa shape index (κ3) is 1.58. The Morgan fingerprint density at radius 2 is 2.13 bits per heavy atom. The zero-order valence-corrected chi connectivity index (χ0v) is 8.66. The number of hydrogen-bond acceptors (Lipinski definition) is 2. The van der Waals surface area contributed by atoms with Crippen LogP contribution in [0.5, 0.6) is 0 Å². The van der Waals surface area contributed by atoms with Gasteiger partial charge in [-0.25, -0.2) is 4.39 Å². The number of hydrogen-bond donors (Lipinski definition) is 1. The molecule has 1 aromatic heterocycles. The lowest BCUT2D eigenvalue weighted by Crippen LogP contribution is -1.93. The molecule has 78 valence electrons. The molecule has 1 aromatic carbocycles. The lowest BCUT2D eigenvalue weighted by molar-refractivity contribution is 0.633. The molecule has 0 saturated carbocycles. The lowest BCUT2D eigenvalue weighted by atomic mass is 10.1. The van der Waals surface area contributed by atoms with Gasteiger partial charge in [0.2, 0.25) is 0 Å². The molecule has 1 heterocycles. The van der Waals surface area contributed by atoms with E-state index < -0.39 is 5.82 Å². The first kappa shape index (κ1) is 9.71. The van der Waals surface area contributed by atoms with E-state index in [0.29, 0.717) is 0 Å². The number of aromatic nitrogens is 2. The minimum absolute atomic E-state index is 0.167. The molecule has 0 saturated heterocycles. The van der Waals surface area contributed by atoms with Gasteiger partial charge in [-0.15, -0.1) is 0 Å². The van der Waals surface area contributed by atoms with Gasteiger partial charge in [0.15, 0.2) is 0 Å². The van der Waals surface area contributed by atoms with Gasteiger partial charge in [0.25, 0.3) is 0 Å². The molecule has 0 aliphatic rings. The van der Waals surface area contributed by atoms with Crippen molar-refractivity contribution < 1.29 is 4.39 Å².